The first kappa shape index (κ1) is 21.9. The highest BCUT2D eigenvalue weighted by Crippen LogP contribution is 2.36. The summed E-state index contributed by atoms with van der Waals surface area (Å²) >= 11 is 1.73. The molecule has 1 amide bonds. The molecule has 0 saturated carbocycles. The number of aromatic nitrogens is 2. The van der Waals surface area contributed by atoms with Crippen LogP contribution in [0.2, 0.25) is 0 Å². The van der Waals surface area contributed by atoms with Crippen LogP contribution in [0.4, 0.5) is 11.5 Å². The highest BCUT2D eigenvalue weighted by Gasteiger charge is 2.32. The summed E-state index contributed by atoms with van der Waals surface area (Å²) in [5, 5.41) is 1.18. The van der Waals surface area contributed by atoms with E-state index in [9.17, 15) is 4.79 Å². The quantitative estimate of drug-likeness (QED) is 0.583. The summed E-state index contributed by atoms with van der Waals surface area (Å²) in [6.45, 7) is 9.21. The van der Waals surface area contributed by atoms with E-state index < -0.39 is 0 Å². The Morgan fingerprint density at radius 2 is 1.73 bits per heavy atom. The number of piperazine rings is 1. The van der Waals surface area contributed by atoms with Gasteiger partial charge in [-0.2, -0.15) is 0 Å². The van der Waals surface area contributed by atoms with Gasteiger partial charge in [0.2, 0.25) is 5.91 Å². The van der Waals surface area contributed by atoms with Gasteiger partial charge in [-0.25, -0.2) is 9.97 Å². The number of methoxy groups -OCH3 is 1. The second-order valence-corrected chi connectivity index (χ2v) is 10.1. The van der Waals surface area contributed by atoms with Crippen molar-refractivity contribution in [1.29, 1.82) is 0 Å². The van der Waals surface area contributed by atoms with Gasteiger partial charge in [-0.05, 0) is 44.4 Å². The van der Waals surface area contributed by atoms with Crippen LogP contribution in [0.5, 0.6) is 5.75 Å². The van der Waals surface area contributed by atoms with Crippen molar-refractivity contribution in [3.63, 3.8) is 0 Å². The minimum atomic E-state index is 0.0988. The minimum absolute atomic E-state index is 0.0988. The number of amides is 1. The molecule has 2 aliphatic heterocycles. The third kappa shape index (κ3) is 4.12. The van der Waals surface area contributed by atoms with Crippen LogP contribution >= 0.6 is 11.3 Å². The van der Waals surface area contributed by atoms with Crippen LogP contribution < -0.4 is 14.5 Å². The maximum atomic E-state index is 13.3. The molecule has 7 nitrogen and oxygen atoms in total. The number of carbonyl (C=O) groups excluding carboxylic acids is 1. The molecule has 2 saturated heterocycles. The van der Waals surface area contributed by atoms with Gasteiger partial charge in [-0.3, -0.25) is 4.79 Å². The van der Waals surface area contributed by atoms with Crippen molar-refractivity contribution < 1.29 is 9.53 Å². The number of piperidine rings is 1. The van der Waals surface area contributed by atoms with Gasteiger partial charge in [0.05, 0.1) is 18.2 Å². The molecule has 1 aromatic carbocycles. The molecular formula is C25H31N5O2S. The fourth-order valence-corrected chi connectivity index (χ4v) is 6.05. The van der Waals surface area contributed by atoms with E-state index in [-0.39, 0.29) is 5.92 Å². The zero-order chi connectivity index (χ0) is 22.9. The minimum Gasteiger partial charge on any atom is -0.495 e. The topological polar surface area (TPSA) is 61.8 Å². The number of benzene rings is 1. The van der Waals surface area contributed by atoms with Gasteiger partial charge in [0.1, 0.15) is 22.7 Å². The molecule has 3 aromatic rings. The van der Waals surface area contributed by atoms with Crippen molar-refractivity contribution in [1.82, 2.24) is 14.9 Å². The lowest BCUT2D eigenvalue weighted by molar-refractivity contribution is -0.136. The lowest BCUT2D eigenvalue weighted by atomic mass is 9.94. The number of rotatable bonds is 4. The summed E-state index contributed by atoms with van der Waals surface area (Å²) in [4.78, 5) is 31.4. The van der Waals surface area contributed by atoms with Gasteiger partial charge in [0.25, 0.3) is 0 Å². The number of ether oxygens (including phenoxy) is 1. The molecule has 0 radical (unpaired) electrons. The number of anilines is 2. The van der Waals surface area contributed by atoms with Crippen LogP contribution in [0.1, 0.15) is 23.3 Å². The van der Waals surface area contributed by atoms with E-state index in [1.54, 1.807) is 24.8 Å². The standard InChI is InChI=1S/C25H31N5O2S/c1-17-18(2)33-24-22(17)23(26-16-27-24)29-10-8-19(9-11-29)25(31)30-14-12-28(13-15-30)20-6-4-5-7-21(20)32-3/h4-7,16,19H,8-15H2,1-3H3. The van der Waals surface area contributed by atoms with Gasteiger partial charge < -0.3 is 19.4 Å². The van der Waals surface area contributed by atoms with Gasteiger partial charge in [-0.1, -0.05) is 12.1 Å². The second-order valence-electron chi connectivity index (χ2n) is 8.91. The Labute approximate surface area is 199 Å². The largest absolute Gasteiger partial charge is 0.495 e. The van der Waals surface area contributed by atoms with Crippen LogP contribution in [0, 0.1) is 19.8 Å². The average molecular weight is 466 g/mol. The molecule has 174 valence electrons. The number of thiophene rings is 1. The van der Waals surface area contributed by atoms with E-state index in [2.05, 4.69) is 44.6 Å². The molecule has 2 aliphatic rings. The molecule has 0 unspecified atom stereocenters. The zero-order valence-corrected chi connectivity index (χ0v) is 20.4. The molecule has 33 heavy (non-hydrogen) atoms. The lowest BCUT2D eigenvalue weighted by Crippen LogP contribution is -2.51. The van der Waals surface area contributed by atoms with Crippen molar-refractivity contribution in [3.8, 4) is 5.75 Å². The number of aryl methyl sites for hydroxylation is 2. The molecule has 4 heterocycles. The van der Waals surface area contributed by atoms with Crippen LogP contribution in [0.15, 0.2) is 30.6 Å². The van der Waals surface area contributed by atoms with Crippen LogP contribution in [0.25, 0.3) is 10.2 Å². The van der Waals surface area contributed by atoms with Crippen LogP contribution in [0.3, 0.4) is 0 Å². The van der Waals surface area contributed by atoms with E-state index in [0.717, 1.165) is 74.2 Å². The monoisotopic (exact) mass is 465 g/mol. The highest BCUT2D eigenvalue weighted by molar-refractivity contribution is 7.18. The Kier molecular flexibility index (Phi) is 6.10. The number of carbonyl (C=O) groups is 1. The lowest BCUT2D eigenvalue weighted by Gasteiger charge is -2.39. The van der Waals surface area contributed by atoms with Gasteiger partial charge in [0.15, 0.2) is 0 Å². The SMILES string of the molecule is COc1ccccc1N1CCN(C(=O)C2CCN(c3ncnc4sc(C)c(C)c34)CC2)CC1. The second kappa shape index (κ2) is 9.17. The Bertz CT molecular complexity index is 1150. The van der Waals surface area contributed by atoms with E-state index in [1.807, 2.05) is 18.2 Å². The first-order valence-electron chi connectivity index (χ1n) is 11.7. The number of hydrogen-bond donors (Lipinski definition) is 0. The Morgan fingerprint density at radius 1 is 1.00 bits per heavy atom. The predicted molar refractivity (Wildman–Crippen MR) is 134 cm³/mol. The Balaban J connectivity index is 1.20. The fourth-order valence-electron chi connectivity index (χ4n) is 5.06. The van der Waals surface area contributed by atoms with Crippen molar-refractivity contribution in [2.45, 2.75) is 26.7 Å². The molecule has 0 spiro atoms. The highest BCUT2D eigenvalue weighted by atomic mass is 32.1. The first-order chi connectivity index (χ1) is 16.1. The molecule has 0 N–H and O–H groups in total. The predicted octanol–water partition coefficient (Wildman–Crippen LogP) is 3.88. The Hall–Kier alpha value is -2.87. The van der Waals surface area contributed by atoms with Crippen LogP contribution in [-0.4, -0.2) is 67.2 Å². The number of para-hydroxylation sites is 2. The van der Waals surface area contributed by atoms with E-state index >= 15 is 0 Å². The summed E-state index contributed by atoms with van der Waals surface area (Å²) < 4.78 is 5.51. The van der Waals surface area contributed by atoms with Crippen molar-refractivity contribution in [3.05, 3.63) is 41.0 Å². The molecule has 0 atom stereocenters. The fraction of sp³-hybridized carbons (Fsp3) is 0.480. The maximum Gasteiger partial charge on any atom is 0.225 e. The van der Waals surface area contributed by atoms with Gasteiger partial charge in [0, 0.05) is 50.1 Å². The molecule has 2 aromatic heterocycles. The maximum absolute atomic E-state index is 13.3. The van der Waals surface area contributed by atoms with Crippen molar-refractivity contribution in [2.75, 3.05) is 56.2 Å². The summed E-state index contributed by atoms with van der Waals surface area (Å²) in [6, 6.07) is 8.10. The molecule has 0 aliphatic carbocycles. The van der Waals surface area contributed by atoms with Crippen molar-refractivity contribution in [2.24, 2.45) is 5.92 Å². The third-order valence-electron chi connectivity index (χ3n) is 7.11. The molecule has 2 fully saturated rings. The van der Waals surface area contributed by atoms with Gasteiger partial charge >= 0.3 is 0 Å². The van der Waals surface area contributed by atoms with Crippen LogP contribution in [-0.2, 0) is 4.79 Å². The summed E-state index contributed by atoms with van der Waals surface area (Å²) in [5.41, 5.74) is 2.38. The molecular weight excluding hydrogens is 434 g/mol. The average Bonchev–Trinajstić information content (AvgIpc) is 3.17. The third-order valence-corrected chi connectivity index (χ3v) is 8.22. The molecule has 0 bridgehead atoms. The van der Waals surface area contributed by atoms with E-state index in [0.29, 0.717) is 5.91 Å². The zero-order valence-electron chi connectivity index (χ0n) is 19.6. The van der Waals surface area contributed by atoms with Crippen molar-refractivity contribution >= 4 is 39.0 Å². The summed E-state index contributed by atoms with van der Waals surface area (Å²) in [6.07, 6.45) is 3.42. The van der Waals surface area contributed by atoms with E-state index in [1.165, 1.54) is 15.8 Å². The normalized spacial score (nSPS) is 17.6. The van der Waals surface area contributed by atoms with E-state index in [4.69, 9.17) is 4.74 Å². The Morgan fingerprint density at radius 3 is 2.45 bits per heavy atom. The molecule has 5 rings (SSSR count). The summed E-state index contributed by atoms with van der Waals surface area (Å²) in [7, 11) is 1.71. The number of fused-ring (bicyclic) bond motifs is 1. The summed E-state index contributed by atoms with van der Waals surface area (Å²) in [5.74, 6) is 2.32. The first-order valence-corrected chi connectivity index (χ1v) is 12.5. The smallest absolute Gasteiger partial charge is 0.225 e. The molecule has 8 heteroatoms. The van der Waals surface area contributed by atoms with Gasteiger partial charge in [-0.15, -0.1) is 11.3 Å². The number of nitrogens with zero attached hydrogens (tertiary/aromatic N) is 5. The number of hydrogen-bond acceptors (Lipinski definition) is 7.